The number of para-hydroxylation sites is 1. The van der Waals surface area contributed by atoms with Gasteiger partial charge >= 0.3 is 0 Å². The maximum Gasteiger partial charge on any atom is 0.277 e. The number of benzene rings is 2. The van der Waals surface area contributed by atoms with Crippen LogP contribution in [0.2, 0.25) is 0 Å². The van der Waals surface area contributed by atoms with Crippen LogP contribution in [0.5, 0.6) is 5.75 Å². The lowest BCUT2D eigenvalue weighted by atomic mass is 9.94. The number of anilines is 1. The monoisotopic (exact) mass is 488 g/mol. The lowest BCUT2D eigenvalue weighted by Gasteiger charge is -2.33. The van der Waals surface area contributed by atoms with Crippen molar-refractivity contribution >= 4 is 39.4 Å². The largest absolute Gasteiger partial charge is 0.483 e. The van der Waals surface area contributed by atoms with Crippen LogP contribution in [-0.2, 0) is 4.79 Å². The van der Waals surface area contributed by atoms with Crippen molar-refractivity contribution in [1.29, 1.82) is 0 Å². The van der Waals surface area contributed by atoms with Crippen LogP contribution in [0, 0.1) is 10.1 Å². The van der Waals surface area contributed by atoms with Crippen molar-refractivity contribution in [2.75, 3.05) is 18.6 Å². The second-order valence-corrected chi connectivity index (χ2v) is 8.27. The van der Waals surface area contributed by atoms with Crippen LogP contribution in [0.1, 0.15) is 37.7 Å². The summed E-state index contributed by atoms with van der Waals surface area (Å²) in [6.07, 6.45) is 7.23. The minimum absolute atomic E-state index is 0.0224. The lowest BCUT2D eigenvalue weighted by molar-refractivity contribution is -0.384. The molecule has 2 aromatic carbocycles. The highest BCUT2D eigenvalue weighted by molar-refractivity contribution is 9.10. The van der Waals surface area contributed by atoms with Gasteiger partial charge < -0.3 is 9.64 Å². The SMILES string of the molecule is CN(c1ccc([N+](=O)[O-])cc1/C=N/NC(=O)COc1ccccc1Br)C1CCCCC1. The summed E-state index contributed by atoms with van der Waals surface area (Å²) < 4.78 is 6.21. The van der Waals surface area contributed by atoms with Crippen molar-refractivity contribution in [2.45, 2.75) is 38.1 Å². The van der Waals surface area contributed by atoms with E-state index in [1.807, 2.05) is 25.2 Å². The first-order valence-corrected chi connectivity index (χ1v) is 11.0. The molecule has 9 heteroatoms. The van der Waals surface area contributed by atoms with E-state index in [9.17, 15) is 14.9 Å². The number of rotatable bonds is 8. The highest BCUT2D eigenvalue weighted by atomic mass is 79.9. The molecule has 1 N–H and O–H groups in total. The number of non-ortho nitro benzene ring substituents is 1. The normalized spacial score (nSPS) is 14.4. The van der Waals surface area contributed by atoms with E-state index >= 15 is 0 Å². The number of halogens is 1. The Hall–Kier alpha value is -2.94. The van der Waals surface area contributed by atoms with Gasteiger partial charge in [0.25, 0.3) is 11.6 Å². The minimum atomic E-state index is -0.439. The summed E-state index contributed by atoms with van der Waals surface area (Å²) in [7, 11) is 2.00. The van der Waals surface area contributed by atoms with Crippen LogP contribution in [0.25, 0.3) is 0 Å². The molecule has 0 atom stereocenters. The molecule has 0 aliphatic heterocycles. The zero-order chi connectivity index (χ0) is 22.2. The van der Waals surface area contributed by atoms with Crippen LogP contribution in [-0.4, -0.2) is 36.7 Å². The first-order valence-electron chi connectivity index (χ1n) is 10.2. The van der Waals surface area contributed by atoms with Gasteiger partial charge in [-0.1, -0.05) is 31.4 Å². The summed E-state index contributed by atoms with van der Waals surface area (Å²) in [4.78, 5) is 25.0. The van der Waals surface area contributed by atoms with E-state index in [0.29, 0.717) is 17.4 Å². The molecule has 3 rings (SSSR count). The smallest absolute Gasteiger partial charge is 0.277 e. The van der Waals surface area contributed by atoms with Crippen molar-refractivity contribution in [2.24, 2.45) is 5.10 Å². The summed E-state index contributed by atoms with van der Waals surface area (Å²) in [5.41, 5.74) is 3.82. The molecular weight excluding hydrogens is 464 g/mol. The van der Waals surface area contributed by atoms with Gasteiger partial charge in [0.05, 0.1) is 15.6 Å². The third kappa shape index (κ3) is 6.27. The number of amides is 1. The number of nitro groups is 1. The fourth-order valence-corrected chi connectivity index (χ4v) is 4.06. The highest BCUT2D eigenvalue weighted by Gasteiger charge is 2.21. The molecular formula is C22H25BrN4O4. The van der Waals surface area contributed by atoms with Gasteiger partial charge in [-0.05, 0) is 47.0 Å². The average molecular weight is 489 g/mol. The van der Waals surface area contributed by atoms with E-state index < -0.39 is 10.8 Å². The zero-order valence-electron chi connectivity index (χ0n) is 17.3. The third-order valence-corrected chi connectivity index (χ3v) is 5.97. The van der Waals surface area contributed by atoms with E-state index in [0.717, 1.165) is 23.0 Å². The molecule has 8 nitrogen and oxygen atoms in total. The predicted octanol–water partition coefficient (Wildman–Crippen LogP) is 4.66. The fraction of sp³-hybridized carbons (Fsp3) is 0.364. The number of nitrogens with zero attached hydrogens (tertiary/aromatic N) is 3. The van der Waals surface area contributed by atoms with Gasteiger partial charge in [0.1, 0.15) is 5.75 Å². The summed E-state index contributed by atoms with van der Waals surface area (Å²) in [5.74, 6) is 0.122. The Morgan fingerprint density at radius 3 is 2.74 bits per heavy atom. The molecule has 0 radical (unpaired) electrons. The van der Waals surface area contributed by atoms with Crippen molar-refractivity contribution in [3.8, 4) is 5.75 Å². The second-order valence-electron chi connectivity index (χ2n) is 7.42. The molecule has 1 aliphatic rings. The highest BCUT2D eigenvalue weighted by Crippen LogP contribution is 2.30. The standard InChI is InChI=1S/C22H25BrN4O4/c1-26(17-7-3-2-4-8-17)20-12-11-18(27(29)30)13-16(20)14-24-25-22(28)15-31-21-10-6-5-9-19(21)23/h5-6,9-14,17H,2-4,7-8,15H2,1H3,(H,25,28)/b24-14+. The van der Waals surface area contributed by atoms with E-state index in [-0.39, 0.29) is 12.3 Å². The summed E-state index contributed by atoms with van der Waals surface area (Å²) in [5, 5.41) is 15.2. The molecule has 164 valence electrons. The zero-order valence-corrected chi connectivity index (χ0v) is 18.9. The summed E-state index contributed by atoms with van der Waals surface area (Å²) in [6, 6.07) is 12.3. The molecule has 0 aromatic heterocycles. The number of hydrogen-bond acceptors (Lipinski definition) is 6. The summed E-state index contributed by atoms with van der Waals surface area (Å²) >= 11 is 3.36. The Balaban J connectivity index is 1.68. The van der Waals surface area contributed by atoms with E-state index in [1.54, 1.807) is 12.1 Å². The van der Waals surface area contributed by atoms with Crippen LogP contribution >= 0.6 is 15.9 Å². The maximum atomic E-state index is 12.1. The molecule has 0 heterocycles. The number of carbonyl (C=O) groups is 1. The molecule has 2 aromatic rings. The Morgan fingerprint density at radius 2 is 2.03 bits per heavy atom. The van der Waals surface area contributed by atoms with Crippen molar-refractivity contribution in [3.63, 3.8) is 0 Å². The number of nitro benzene ring substituents is 1. The quantitative estimate of drug-likeness (QED) is 0.331. The Labute approximate surface area is 189 Å². The maximum absolute atomic E-state index is 12.1. The van der Waals surface area contributed by atoms with E-state index in [4.69, 9.17) is 4.74 Å². The topological polar surface area (TPSA) is 97.1 Å². The fourth-order valence-electron chi connectivity index (χ4n) is 3.66. The van der Waals surface area contributed by atoms with Crippen LogP contribution in [0.15, 0.2) is 52.0 Å². The van der Waals surface area contributed by atoms with E-state index in [1.165, 1.54) is 37.6 Å². The molecule has 1 fully saturated rings. The first-order chi connectivity index (χ1) is 15.0. The van der Waals surface area contributed by atoms with Crippen molar-refractivity contribution in [1.82, 2.24) is 5.43 Å². The van der Waals surface area contributed by atoms with E-state index in [2.05, 4.69) is 31.4 Å². The lowest BCUT2D eigenvalue weighted by Crippen LogP contribution is -2.34. The molecule has 1 saturated carbocycles. The molecule has 0 saturated heterocycles. The Morgan fingerprint density at radius 1 is 1.29 bits per heavy atom. The number of hydrogen-bond donors (Lipinski definition) is 1. The Kier molecular flexibility index (Phi) is 8.00. The van der Waals surface area contributed by atoms with Crippen molar-refractivity contribution < 1.29 is 14.5 Å². The summed E-state index contributed by atoms with van der Waals surface area (Å²) in [6.45, 7) is -0.205. The number of carbonyl (C=O) groups excluding carboxylic acids is 1. The predicted molar refractivity (Wildman–Crippen MR) is 124 cm³/mol. The number of nitrogens with one attached hydrogen (secondary N) is 1. The Bertz CT molecular complexity index is 960. The van der Waals surface area contributed by atoms with Gasteiger partial charge in [0.2, 0.25) is 0 Å². The van der Waals surface area contributed by atoms with Crippen LogP contribution in [0.4, 0.5) is 11.4 Å². The van der Waals surface area contributed by atoms with Gasteiger partial charge in [0, 0.05) is 36.5 Å². The average Bonchev–Trinajstić information content (AvgIpc) is 2.78. The second kappa shape index (κ2) is 10.9. The molecule has 1 amide bonds. The first kappa shape index (κ1) is 22.7. The number of ether oxygens (including phenoxy) is 1. The van der Waals surface area contributed by atoms with Gasteiger partial charge in [-0.15, -0.1) is 0 Å². The van der Waals surface area contributed by atoms with Crippen LogP contribution in [0.3, 0.4) is 0 Å². The molecule has 31 heavy (non-hydrogen) atoms. The van der Waals surface area contributed by atoms with Gasteiger partial charge in [-0.2, -0.15) is 5.10 Å². The molecule has 1 aliphatic carbocycles. The molecule has 0 spiro atoms. The minimum Gasteiger partial charge on any atom is -0.483 e. The van der Waals surface area contributed by atoms with Crippen LogP contribution < -0.4 is 15.1 Å². The van der Waals surface area contributed by atoms with Gasteiger partial charge in [-0.3, -0.25) is 14.9 Å². The van der Waals surface area contributed by atoms with Gasteiger partial charge in [0.15, 0.2) is 6.61 Å². The molecule has 0 bridgehead atoms. The number of hydrazone groups is 1. The van der Waals surface area contributed by atoms with Crippen molar-refractivity contribution in [3.05, 3.63) is 62.6 Å². The third-order valence-electron chi connectivity index (χ3n) is 5.31. The molecule has 0 unspecified atom stereocenters. The van der Waals surface area contributed by atoms with Gasteiger partial charge in [-0.25, -0.2) is 5.43 Å².